The summed E-state index contributed by atoms with van der Waals surface area (Å²) in [6.07, 6.45) is 8.57. The van der Waals surface area contributed by atoms with Crippen LogP contribution in [0.5, 0.6) is 0 Å². The van der Waals surface area contributed by atoms with E-state index in [1.54, 1.807) is 0 Å². The highest BCUT2D eigenvalue weighted by Crippen LogP contribution is 2.60. The zero-order valence-electron chi connectivity index (χ0n) is 12.3. The van der Waals surface area contributed by atoms with Crippen molar-refractivity contribution in [2.24, 2.45) is 17.8 Å². The minimum absolute atomic E-state index is 0.0106. The van der Waals surface area contributed by atoms with E-state index in [1.807, 2.05) is 12.1 Å². The van der Waals surface area contributed by atoms with Crippen LogP contribution < -0.4 is 5.32 Å². The summed E-state index contributed by atoms with van der Waals surface area (Å²) in [4.78, 5) is 11.3. The molecule has 2 nitrogen and oxygen atoms in total. The first-order valence-electron chi connectivity index (χ1n) is 8.13. The highest BCUT2D eigenvalue weighted by atomic mass is 35.5. The minimum Gasteiger partial charge on any atom is -0.325 e. The fourth-order valence-electron chi connectivity index (χ4n) is 5.57. The van der Waals surface area contributed by atoms with Crippen molar-refractivity contribution in [1.29, 1.82) is 0 Å². The van der Waals surface area contributed by atoms with Crippen molar-refractivity contribution < 1.29 is 4.79 Å². The number of hydrogen-bond acceptors (Lipinski definition) is 1. The topological polar surface area (TPSA) is 29.1 Å². The van der Waals surface area contributed by atoms with Crippen LogP contribution >= 0.6 is 11.6 Å². The van der Waals surface area contributed by atoms with E-state index in [9.17, 15) is 4.79 Å². The van der Waals surface area contributed by atoms with Crippen LogP contribution in [0.1, 0.15) is 44.1 Å². The number of alkyl halides is 1. The van der Waals surface area contributed by atoms with Crippen LogP contribution in [0.25, 0.3) is 0 Å². The van der Waals surface area contributed by atoms with E-state index in [1.165, 1.54) is 44.1 Å². The molecular formula is C18H22ClNO. The van der Waals surface area contributed by atoms with Gasteiger partial charge in [-0.15, -0.1) is 11.6 Å². The maximum atomic E-state index is 11.3. The molecule has 0 heterocycles. The molecule has 0 aromatic heterocycles. The molecule has 0 unspecified atom stereocenters. The molecule has 0 saturated heterocycles. The third-order valence-corrected chi connectivity index (χ3v) is 6.18. The van der Waals surface area contributed by atoms with E-state index >= 15 is 0 Å². The second kappa shape index (κ2) is 5.01. The minimum atomic E-state index is -0.140. The molecule has 4 saturated carbocycles. The van der Waals surface area contributed by atoms with Crippen molar-refractivity contribution in [1.82, 2.24) is 0 Å². The Kier molecular flexibility index (Phi) is 3.25. The van der Waals surface area contributed by atoms with Gasteiger partial charge in [-0.05, 0) is 79.4 Å². The van der Waals surface area contributed by atoms with Crippen molar-refractivity contribution in [3.05, 3.63) is 29.8 Å². The number of hydrogen-bond donors (Lipinski definition) is 1. The van der Waals surface area contributed by atoms with Crippen molar-refractivity contribution in [3.8, 4) is 0 Å². The van der Waals surface area contributed by atoms with E-state index in [0.717, 1.165) is 23.4 Å². The van der Waals surface area contributed by atoms with Crippen LogP contribution in [0.4, 0.5) is 5.69 Å². The zero-order chi connectivity index (χ0) is 14.4. The molecule has 0 spiro atoms. The van der Waals surface area contributed by atoms with Gasteiger partial charge in [-0.25, -0.2) is 0 Å². The lowest BCUT2D eigenvalue weighted by molar-refractivity contribution is -0.113. The predicted octanol–water partition coefficient (Wildman–Crippen LogP) is 4.33. The van der Waals surface area contributed by atoms with Crippen LogP contribution in [0.2, 0.25) is 0 Å². The Balaban J connectivity index is 1.57. The monoisotopic (exact) mass is 303 g/mol. The first-order valence-corrected chi connectivity index (χ1v) is 8.67. The van der Waals surface area contributed by atoms with Gasteiger partial charge in [0.2, 0.25) is 5.91 Å². The highest BCUT2D eigenvalue weighted by molar-refractivity contribution is 6.29. The second-order valence-corrected chi connectivity index (χ2v) is 7.72. The third kappa shape index (κ3) is 2.38. The molecule has 4 fully saturated rings. The van der Waals surface area contributed by atoms with Crippen molar-refractivity contribution >= 4 is 23.2 Å². The molecule has 0 atom stereocenters. The molecule has 21 heavy (non-hydrogen) atoms. The summed E-state index contributed by atoms with van der Waals surface area (Å²) >= 11 is 5.53. The standard InChI is InChI=1S/C18H22ClNO/c19-11-17(21)20-16-3-1-15(2-4-16)18-8-12-5-13(9-18)7-14(6-12)10-18/h1-4,12-14H,5-11H2,(H,20,21). The lowest BCUT2D eigenvalue weighted by Gasteiger charge is -2.57. The molecule has 4 aliphatic carbocycles. The molecule has 112 valence electrons. The van der Waals surface area contributed by atoms with E-state index in [-0.39, 0.29) is 11.8 Å². The highest BCUT2D eigenvalue weighted by Gasteiger charge is 2.51. The van der Waals surface area contributed by atoms with E-state index in [4.69, 9.17) is 11.6 Å². The molecule has 5 rings (SSSR count). The van der Waals surface area contributed by atoms with Gasteiger partial charge in [0.25, 0.3) is 0 Å². The number of amides is 1. The Morgan fingerprint density at radius 1 is 1.05 bits per heavy atom. The quantitative estimate of drug-likeness (QED) is 0.827. The molecule has 0 radical (unpaired) electrons. The fourth-order valence-corrected chi connectivity index (χ4v) is 5.63. The fraction of sp³-hybridized carbons (Fsp3) is 0.611. The molecule has 1 N–H and O–H groups in total. The van der Waals surface area contributed by atoms with Crippen molar-refractivity contribution in [3.63, 3.8) is 0 Å². The zero-order valence-corrected chi connectivity index (χ0v) is 13.0. The van der Waals surface area contributed by atoms with Gasteiger partial charge in [-0.3, -0.25) is 4.79 Å². The Hall–Kier alpha value is -1.02. The molecule has 3 heteroatoms. The predicted molar refractivity (Wildman–Crippen MR) is 85.6 cm³/mol. The molecule has 1 amide bonds. The summed E-state index contributed by atoms with van der Waals surface area (Å²) < 4.78 is 0. The van der Waals surface area contributed by atoms with Gasteiger partial charge >= 0.3 is 0 Å². The van der Waals surface area contributed by atoms with Crippen molar-refractivity contribution in [2.75, 3.05) is 11.2 Å². The van der Waals surface area contributed by atoms with E-state index in [0.29, 0.717) is 5.41 Å². The summed E-state index contributed by atoms with van der Waals surface area (Å²) in [5.74, 6) is 2.77. The van der Waals surface area contributed by atoms with Gasteiger partial charge in [0.1, 0.15) is 5.88 Å². The maximum absolute atomic E-state index is 11.3. The smallest absolute Gasteiger partial charge is 0.239 e. The summed E-state index contributed by atoms with van der Waals surface area (Å²) in [7, 11) is 0. The molecular weight excluding hydrogens is 282 g/mol. The summed E-state index contributed by atoms with van der Waals surface area (Å²) in [6.45, 7) is 0. The summed E-state index contributed by atoms with van der Waals surface area (Å²) in [6, 6.07) is 8.55. The number of rotatable bonds is 3. The first-order chi connectivity index (χ1) is 10.2. The lowest BCUT2D eigenvalue weighted by Crippen LogP contribution is -2.48. The number of carbonyl (C=O) groups excluding carboxylic acids is 1. The summed E-state index contributed by atoms with van der Waals surface area (Å²) in [5.41, 5.74) is 2.78. The molecule has 1 aromatic carbocycles. The van der Waals surface area contributed by atoms with Gasteiger partial charge in [0, 0.05) is 5.69 Å². The summed E-state index contributed by atoms with van der Waals surface area (Å²) in [5, 5.41) is 2.82. The van der Waals surface area contributed by atoms with Gasteiger partial charge in [0.05, 0.1) is 0 Å². The van der Waals surface area contributed by atoms with Crippen LogP contribution in [-0.2, 0) is 10.2 Å². The maximum Gasteiger partial charge on any atom is 0.239 e. The number of benzene rings is 1. The molecule has 1 aromatic rings. The average Bonchev–Trinajstić information content (AvgIpc) is 2.46. The Morgan fingerprint density at radius 2 is 1.57 bits per heavy atom. The Labute approximate surface area is 131 Å². The van der Waals surface area contributed by atoms with Gasteiger partial charge < -0.3 is 5.32 Å². The van der Waals surface area contributed by atoms with Gasteiger partial charge in [-0.1, -0.05) is 12.1 Å². The van der Waals surface area contributed by atoms with Crippen LogP contribution in [0.15, 0.2) is 24.3 Å². The molecule has 4 aliphatic rings. The van der Waals surface area contributed by atoms with Crippen LogP contribution in [0.3, 0.4) is 0 Å². The normalized spacial score (nSPS) is 36.7. The molecule has 4 bridgehead atoms. The lowest BCUT2D eigenvalue weighted by atomic mass is 9.48. The van der Waals surface area contributed by atoms with Gasteiger partial charge in [0.15, 0.2) is 0 Å². The van der Waals surface area contributed by atoms with Crippen LogP contribution in [0, 0.1) is 17.8 Å². The van der Waals surface area contributed by atoms with Crippen molar-refractivity contribution in [2.45, 2.75) is 43.9 Å². The number of halogens is 1. The third-order valence-electron chi connectivity index (χ3n) is 5.94. The Morgan fingerprint density at radius 3 is 2.05 bits per heavy atom. The van der Waals surface area contributed by atoms with Crippen LogP contribution in [-0.4, -0.2) is 11.8 Å². The Bertz CT molecular complexity index is 516. The number of carbonyl (C=O) groups is 1. The second-order valence-electron chi connectivity index (χ2n) is 7.46. The van der Waals surface area contributed by atoms with Gasteiger partial charge in [-0.2, -0.15) is 0 Å². The number of anilines is 1. The first kappa shape index (κ1) is 13.6. The molecule has 0 aliphatic heterocycles. The average molecular weight is 304 g/mol. The largest absolute Gasteiger partial charge is 0.325 e. The van der Waals surface area contributed by atoms with E-state index in [2.05, 4.69) is 17.4 Å². The number of nitrogens with one attached hydrogen (secondary N) is 1. The SMILES string of the molecule is O=C(CCl)Nc1ccc(C23CC4CC(CC(C4)C2)C3)cc1. The van der Waals surface area contributed by atoms with E-state index < -0.39 is 0 Å².